The molecule has 2 N–H and O–H groups in total. The third kappa shape index (κ3) is 3.43. The van der Waals surface area contributed by atoms with E-state index in [0.29, 0.717) is 6.54 Å². The molecule has 0 aliphatic heterocycles. The van der Waals surface area contributed by atoms with Crippen molar-refractivity contribution in [3.8, 4) is 0 Å². The Morgan fingerprint density at radius 1 is 1.21 bits per heavy atom. The summed E-state index contributed by atoms with van der Waals surface area (Å²) in [5.41, 5.74) is 9.23. The van der Waals surface area contributed by atoms with Crippen LogP contribution < -0.4 is 5.73 Å². The Bertz CT molecular complexity index is 568. The van der Waals surface area contributed by atoms with Crippen molar-refractivity contribution in [2.75, 3.05) is 6.54 Å². The van der Waals surface area contributed by atoms with Crippen molar-refractivity contribution in [3.63, 3.8) is 0 Å². The molecule has 0 amide bonds. The van der Waals surface area contributed by atoms with Gasteiger partial charge in [0, 0.05) is 10.4 Å². The molecule has 0 bridgehead atoms. The maximum Gasteiger partial charge on any atom is 0.123 e. The van der Waals surface area contributed by atoms with Gasteiger partial charge in [-0.15, -0.1) is 0 Å². The number of rotatable bonds is 4. The fraction of sp³-hybridized carbons (Fsp3) is 0.250. The van der Waals surface area contributed by atoms with Gasteiger partial charge >= 0.3 is 0 Å². The van der Waals surface area contributed by atoms with E-state index in [-0.39, 0.29) is 11.7 Å². The topological polar surface area (TPSA) is 26.0 Å². The second kappa shape index (κ2) is 6.31. The molecule has 0 saturated carbocycles. The molecule has 0 heterocycles. The highest BCUT2D eigenvalue weighted by molar-refractivity contribution is 9.10. The summed E-state index contributed by atoms with van der Waals surface area (Å²) in [6.07, 6.45) is 0.825. The third-order valence-electron chi connectivity index (χ3n) is 3.40. The molecule has 1 nitrogen and oxygen atoms in total. The van der Waals surface area contributed by atoms with E-state index in [1.165, 1.54) is 11.6 Å². The van der Waals surface area contributed by atoms with E-state index in [4.69, 9.17) is 5.73 Å². The van der Waals surface area contributed by atoms with Gasteiger partial charge < -0.3 is 5.73 Å². The SMILES string of the molecule is Cc1cc(F)ccc1CC(CN)c1ccccc1Br. The van der Waals surface area contributed by atoms with Crippen LogP contribution in [0.15, 0.2) is 46.9 Å². The maximum atomic E-state index is 13.1. The summed E-state index contributed by atoms with van der Waals surface area (Å²) in [6.45, 7) is 2.51. The lowest BCUT2D eigenvalue weighted by atomic mass is 9.90. The second-order valence-electron chi connectivity index (χ2n) is 4.73. The molecule has 0 spiro atoms. The minimum atomic E-state index is -0.188. The number of hydrogen-bond acceptors (Lipinski definition) is 1. The molecule has 3 heteroatoms. The Morgan fingerprint density at radius 3 is 2.58 bits per heavy atom. The van der Waals surface area contributed by atoms with Crippen LogP contribution in [0.1, 0.15) is 22.6 Å². The van der Waals surface area contributed by atoms with Crippen molar-refractivity contribution in [1.82, 2.24) is 0 Å². The molecule has 1 atom stereocenters. The van der Waals surface area contributed by atoms with Crippen molar-refractivity contribution in [2.45, 2.75) is 19.3 Å². The monoisotopic (exact) mass is 321 g/mol. The highest BCUT2D eigenvalue weighted by Crippen LogP contribution is 2.28. The van der Waals surface area contributed by atoms with Gasteiger partial charge in [0.1, 0.15) is 5.82 Å². The van der Waals surface area contributed by atoms with Crippen LogP contribution in [-0.2, 0) is 6.42 Å². The van der Waals surface area contributed by atoms with Crippen molar-refractivity contribution < 1.29 is 4.39 Å². The predicted molar refractivity (Wildman–Crippen MR) is 80.8 cm³/mol. The molecule has 19 heavy (non-hydrogen) atoms. The van der Waals surface area contributed by atoms with Crippen LogP contribution in [-0.4, -0.2) is 6.54 Å². The van der Waals surface area contributed by atoms with E-state index in [0.717, 1.165) is 22.0 Å². The molecule has 0 aliphatic carbocycles. The summed E-state index contributed by atoms with van der Waals surface area (Å²) in [4.78, 5) is 0. The first-order valence-corrected chi connectivity index (χ1v) is 7.10. The fourth-order valence-electron chi connectivity index (χ4n) is 2.28. The van der Waals surface area contributed by atoms with Gasteiger partial charge in [-0.3, -0.25) is 0 Å². The van der Waals surface area contributed by atoms with Crippen molar-refractivity contribution in [2.24, 2.45) is 5.73 Å². The van der Waals surface area contributed by atoms with Gasteiger partial charge in [-0.25, -0.2) is 4.39 Å². The lowest BCUT2D eigenvalue weighted by Crippen LogP contribution is -2.16. The van der Waals surface area contributed by atoms with E-state index in [1.807, 2.05) is 31.2 Å². The molecule has 2 aromatic carbocycles. The molecular weight excluding hydrogens is 305 g/mol. The largest absolute Gasteiger partial charge is 0.330 e. The average molecular weight is 322 g/mol. The zero-order valence-corrected chi connectivity index (χ0v) is 12.5. The van der Waals surface area contributed by atoms with Crippen LogP contribution in [0.3, 0.4) is 0 Å². The van der Waals surface area contributed by atoms with E-state index in [1.54, 1.807) is 6.07 Å². The minimum Gasteiger partial charge on any atom is -0.330 e. The molecule has 100 valence electrons. The van der Waals surface area contributed by atoms with E-state index in [2.05, 4.69) is 22.0 Å². The summed E-state index contributed by atoms with van der Waals surface area (Å²) in [7, 11) is 0. The van der Waals surface area contributed by atoms with Crippen LogP contribution in [0, 0.1) is 12.7 Å². The first kappa shape index (κ1) is 14.2. The Balaban J connectivity index is 2.27. The van der Waals surface area contributed by atoms with Gasteiger partial charge in [0.05, 0.1) is 0 Å². The summed E-state index contributed by atoms with van der Waals surface area (Å²) >= 11 is 3.57. The lowest BCUT2D eigenvalue weighted by Gasteiger charge is -2.18. The van der Waals surface area contributed by atoms with Gasteiger partial charge in [0.25, 0.3) is 0 Å². The van der Waals surface area contributed by atoms with Crippen molar-refractivity contribution in [1.29, 1.82) is 0 Å². The van der Waals surface area contributed by atoms with Crippen LogP contribution >= 0.6 is 15.9 Å². The molecule has 0 fully saturated rings. The summed E-state index contributed by atoms with van der Waals surface area (Å²) < 4.78 is 14.2. The number of nitrogens with two attached hydrogens (primary N) is 1. The molecule has 1 unspecified atom stereocenters. The number of aryl methyl sites for hydroxylation is 1. The highest BCUT2D eigenvalue weighted by atomic mass is 79.9. The number of hydrogen-bond donors (Lipinski definition) is 1. The molecule has 0 aromatic heterocycles. The van der Waals surface area contributed by atoms with Gasteiger partial charge in [-0.05, 0) is 54.8 Å². The van der Waals surface area contributed by atoms with Crippen molar-refractivity contribution >= 4 is 15.9 Å². The fourth-order valence-corrected chi connectivity index (χ4v) is 2.89. The Hall–Kier alpha value is -1.19. The van der Waals surface area contributed by atoms with Crippen LogP contribution in [0.4, 0.5) is 4.39 Å². The summed E-state index contributed by atoms with van der Waals surface area (Å²) in [5.74, 6) is 0.0474. The second-order valence-corrected chi connectivity index (χ2v) is 5.58. The number of benzene rings is 2. The predicted octanol–water partition coefficient (Wildman–Crippen LogP) is 4.18. The third-order valence-corrected chi connectivity index (χ3v) is 4.12. The molecular formula is C16H17BrFN. The summed E-state index contributed by atoms with van der Waals surface area (Å²) in [6, 6.07) is 13.0. The average Bonchev–Trinajstić information content (AvgIpc) is 2.39. The smallest absolute Gasteiger partial charge is 0.123 e. The van der Waals surface area contributed by atoms with E-state index < -0.39 is 0 Å². The normalized spacial score (nSPS) is 12.4. The van der Waals surface area contributed by atoms with Crippen LogP contribution in [0.2, 0.25) is 0 Å². The van der Waals surface area contributed by atoms with E-state index in [9.17, 15) is 4.39 Å². The van der Waals surface area contributed by atoms with Crippen molar-refractivity contribution in [3.05, 3.63) is 69.4 Å². The first-order valence-electron chi connectivity index (χ1n) is 6.31. The zero-order chi connectivity index (χ0) is 13.8. The zero-order valence-electron chi connectivity index (χ0n) is 10.9. The van der Waals surface area contributed by atoms with Crippen LogP contribution in [0.25, 0.3) is 0 Å². The quantitative estimate of drug-likeness (QED) is 0.898. The molecule has 0 saturated heterocycles. The molecule has 2 aromatic rings. The Kier molecular flexibility index (Phi) is 4.72. The Labute approximate surface area is 121 Å². The van der Waals surface area contributed by atoms with Gasteiger partial charge in [0.2, 0.25) is 0 Å². The van der Waals surface area contributed by atoms with Crippen LogP contribution in [0.5, 0.6) is 0 Å². The van der Waals surface area contributed by atoms with Gasteiger partial charge in [-0.2, -0.15) is 0 Å². The minimum absolute atomic E-state index is 0.188. The van der Waals surface area contributed by atoms with Gasteiger partial charge in [0.15, 0.2) is 0 Å². The standard InChI is InChI=1S/C16H17BrFN/c1-11-8-14(18)7-6-12(11)9-13(10-19)15-4-2-3-5-16(15)17/h2-8,13H,9-10,19H2,1H3. The van der Waals surface area contributed by atoms with E-state index >= 15 is 0 Å². The number of halogens is 2. The highest BCUT2D eigenvalue weighted by Gasteiger charge is 2.14. The lowest BCUT2D eigenvalue weighted by molar-refractivity contribution is 0.623. The maximum absolute atomic E-state index is 13.1. The Morgan fingerprint density at radius 2 is 1.95 bits per heavy atom. The molecule has 2 rings (SSSR count). The van der Waals surface area contributed by atoms with Gasteiger partial charge in [-0.1, -0.05) is 40.2 Å². The first-order chi connectivity index (χ1) is 9.11. The molecule has 0 aliphatic rings. The molecule has 0 radical (unpaired) electrons. The summed E-state index contributed by atoms with van der Waals surface area (Å²) in [5, 5.41) is 0.